The molecule has 5 aromatic rings. The molecule has 2 N–H and O–H groups in total. The lowest BCUT2D eigenvalue weighted by atomic mass is 9.98. The van der Waals surface area contributed by atoms with Crippen LogP contribution < -0.4 is 21.8 Å². The molecule has 382 valence electrons. The van der Waals surface area contributed by atoms with Crippen LogP contribution in [-0.4, -0.2) is 47.7 Å². The van der Waals surface area contributed by atoms with Crippen LogP contribution in [0.1, 0.15) is 107 Å². The summed E-state index contributed by atoms with van der Waals surface area (Å²) in [5.41, 5.74) is -4.13. The number of carbonyl (C=O) groups excluding carboxylic acids is 2. The second kappa shape index (κ2) is 24.0. The highest BCUT2D eigenvalue weighted by Crippen LogP contribution is 2.33. The third kappa shape index (κ3) is 13.3. The fourth-order valence-electron chi connectivity index (χ4n) is 8.32. The summed E-state index contributed by atoms with van der Waals surface area (Å²) in [6.07, 6.45) is 1.10. The zero-order chi connectivity index (χ0) is 53.2. The smallest absolute Gasteiger partial charge is 0.352 e. The molecule has 0 bridgehead atoms. The van der Waals surface area contributed by atoms with Crippen molar-refractivity contribution >= 4 is 33.4 Å². The summed E-state index contributed by atoms with van der Waals surface area (Å²) < 4.78 is 112. The average molecular weight is 1050 g/mol. The van der Waals surface area contributed by atoms with Crippen LogP contribution in [0.15, 0.2) is 133 Å². The Bertz CT molecular complexity index is 3220. The first-order valence-corrected chi connectivity index (χ1v) is 25.6. The Morgan fingerprint density at radius 1 is 0.644 bits per heavy atom. The minimum absolute atomic E-state index is 0.0171. The van der Waals surface area contributed by atoms with Gasteiger partial charge in [0.15, 0.2) is 0 Å². The van der Waals surface area contributed by atoms with Crippen molar-refractivity contribution in [1.29, 1.82) is 10.5 Å². The summed E-state index contributed by atoms with van der Waals surface area (Å²) in [7, 11) is -3.89. The number of hydrogen-bond acceptors (Lipinski definition) is 8. The average Bonchev–Trinajstić information content (AvgIpc) is 3.36. The van der Waals surface area contributed by atoms with Crippen LogP contribution >= 0.6 is 0 Å². The molecular weight excluding hydrogens is 995 g/mol. The van der Waals surface area contributed by atoms with Gasteiger partial charge in [0.25, 0.3) is 22.9 Å². The number of nitrogens with zero attached hydrogens (tertiary/aromatic N) is 4. The first-order chi connectivity index (χ1) is 34.7. The number of benzene rings is 3. The lowest BCUT2D eigenvalue weighted by molar-refractivity contribution is -0.138. The Morgan fingerprint density at radius 3 is 1.53 bits per heavy atom. The zero-order valence-corrected chi connectivity index (χ0v) is 41.5. The normalized spacial score (nSPS) is 15.4. The molecule has 1 aliphatic rings. The first kappa shape index (κ1) is 55.2. The minimum Gasteiger partial charge on any atom is -0.352 e. The van der Waals surface area contributed by atoms with Crippen LogP contribution in [0.25, 0.3) is 11.4 Å². The number of alkyl halides is 6. The Balaban J connectivity index is 1.02. The van der Waals surface area contributed by atoms with Crippen molar-refractivity contribution in [2.75, 3.05) is 13.1 Å². The van der Waals surface area contributed by atoms with E-state index in [4.69, 9.17) is 0 Å². The molecule has 2 amide bonds. The quantitative estimate of drug-likeness (QED) is 0.0605. The van der Waals surface area contributed by atoms with Crippen LogP contribution in [0.5, 0.6) is 0 Å². The van der Waals surface area contributed by atoms with Gasteiger partial charge in [-0.05, 0) is 111 Å². The number of nitrogens with one attached hydrogen (secondary N) is 2. The third-order valence-corrected chi connectivity index (χ3v) is 15.7. The van der Waals surface area contributed by atoms with Gasteiger partial charge in [-0.25, -0.2) is 4.21 Å². The summed E-state index contributed by atoms with van der Waals surface area (Å²) in [6, 6.07) is 20.3. The number of allylic oxidation sites excluding steroid dienone is 3. The Kier molecular flexibility index (Phi) is 18.2. The standard InChI is InChI=1S/C53H50F6N6O6S2/c1-33-26-37(32-61)20-23-45(33)73(71)47-30-44(51(69)65(35(47)3)41-17-13-15-39(28-41)53(57,58)59)49(67)63-25-11-9-7-5-4-6-8-10-24-62-48(66)43-29-46(72(70)42-21-18-36(31-60)19-22-42)34(2)64(50(43)68)40-16-12-14-38(27-40)52(54,55)56/h12-23,26-30,33,45H,4-11,24-25H2,1-3H3,(H,62,66)(H,63,67). The van der Waals surface area contributed by atoms with Crippen molar-refractivity contribution in [3.63, 3.8) is 0 Å². The van der Waals surface area contributed by atoms with Gasteiger partial charge in [-0.1, -0.05) is 69.7 Å². The van der Waals surface area contributed by atoms with E-state index in [1.54, 1.807) is 19.1 Å². The monoisotopic (exact) mass is 1040 g/mol. The number of nitriles is 2. The number of carbonyl (C=O) groups is 2. The molecule has 0 saturated carbocycles. The van der Waals surface area contributed by atoms with Crippen molar-refractivity contribution in [2.45, 2.75) is 104 Å². The van der Waals surface area contributed by atoms with E-state index in [1.807, 2.05) is 12.1 Å². The number of pyridine rings is 2. The summed E-state index contributed by atoms with van der Waals surface area (Å²) in [5.74, 6) is -1.95. The Hall–Kier alpha value is -7.16. The van der Waals surface area contributed by atoms with Gasteiger partial charge >= 0.3 is 12.4 Å². The summed E-state index contributed by atoms with van der Waals surface area (Å²) >= 11 is 0. The molecule has 20 heteroatoms. The molecule has 12 nitrogen and oxygen atoms in total. The van der Waals surface area contributed by atoms with Gasteiger partial charge in [-0.15, -0.1) is 0 Å². The van der Waals surface area contributed by atoms with E-state index in [-0.39, 0.29) is 56.5 Å². The second-order valence-corrected chi connectivity index (χ2v) is 20.4. The van der Waals surface area contributed by atoms with E-state index in [0.717, 1.165) is 71.2 Å². The van der Waals surface area contributed by atoms with Gasteiger partial charge in [-0.2, -0.15) is 36.9 Å². The van der Waals surface area contributed by atoms with E-state index < -0.39 is 84.4 Å². The van der Waals surface area contributed by atoms with E-state index >= 15 is 0 Å². The molecule has 6 rings (SSSR count). The van der Waals surface area contributed by atoms with Crippen molar-refractivity contribution in [2.24, 2.45) is 5.92 Å². The highest BCUT2D eigenvalue weighted by Gasteiger charge is 2.33. The van der Waals surface area contributed by atoms with Gasteiger partial charge in [0.1, 0.15) is 11.1 Å². The van der Waals surface area contributed by atoms with Gasteiger partial charge in [-0.3, -0.25) is 32.5 Å². The lowest BCUT2D eigenvalue weighted by Gasteiger charge is -2.23. The van der Waals surface area contributed by atoms with E-state index in [0.29, 0.717) is 36.8 Å². The summed E-state index contributed by atoms with van der Waals surface area (Å²) in [6.45, 7) is 4.98. The van der Waals surface area contributed by atoms with Crippen molar-refractivity contribution in [1.82, 2.24) is 19.8 Å². The van der Waals surface area contributed by atoms with E-state index in [9.17, 15) is 64.5 Å². The molecule has 4 unspecified atom stereocenters. The van der Waals surface area contributed by atoms with Crippen LogP contribution in [0.3, 0.4) is 0 Å². The summed E-state index contributed by atoms with van der Waals surface area (Å²) in [5, 5.41) is 23.3. The maximum atomic E-state index is 14.1. The number of hydrogen-bond donors (Lipinski definition) is 2. The highest BCUT2D eigenvalue weighted by molar-refractivity contribution is 7.86. The molecule has 2 aromatic heterocycles. The van der Waals surface area contributed by atoms with Gasteiger partial charge in [0.05, 0.1) is 65.5 Å². The lowest BCUT2D eigenvalue weighted by Crippen LogP contribution is -2.35. The van der Waals surface area contributed by atoms with Gasteiger partial charge in [0.2, 0.25) is 0 Å². The fourth-order valence-corrected chi connectivity index (χ4v) is 11.1. The molecule has 0 fully saturated rings. The van der Waals surface area contributed by atoms with Crippen LogP contribution in [0.2, 0.25) is 0 Å². The molecule has 0 spiro atoms. The summed E-state index contributed by atoms with van der Waals surface area (Å²) in [4.78, 5) is 55.1. The number of unbranched alkanes of at least 4 members (excludes halogenated alkanes) is 7. The van der Waals surface area contributed by atoms with E-state index in [1.165, 1.54) is 68.5 Å². The zero-order valence-electron chi connectivity index (χ0n) is 39.9. The maximum Gasteiger partial charge on any atom is 0.416 e. The van der Waals surface area contributed by atoms with Crippen molar-refractivity contribution < 1.29 is 44.3 Å². The molecule has 4 atom stereocenters. The molecule has 0 aliphatic heterocycles. The molecule has 0 saturated heterocycles. The molecule has 1 aliphatic carbocycles. The highest BCUT2D eigenvalue weighted by atomic mass is 32.2. The molecular formula is C53H50F6N6O6S2. The van der Waals surface area contributed by atoms with Crippen LogP contribution in [-0.2, 0) is 34.0 Å². The predicted octanol–water partition coefficient (Wildman–Crippen LogP) is 10.1. The molecule has 0 radical (unpaired) electrons. The minimum atomic E-state index is -4.73. The molecule has 73 heavy (non-hydrogen) atoms. The number of amides is 2. The van der Waals surface area contributed by atoms with E-state index in [2.05, 4.69) is 10.6 Å². The van der Waals surface area contributed by atoms with Crippen molar-refractivity contribution in [3.05, 3.63) is 169 Å². The Morgan fingerprint density at radius 2 is 1.10 bits per heavy atom. The van der Waals surface area contributed by atoms with Gasteiger partial charge in [0, 0.05) is 46.3 Å². The maximum absolute atomic E-state index is 14.1. The topological polar surface area (TPSA) is 184 Å². The first-order valence-electron chi connectivity index (χ1n) is 23.2. The Labute approximate surface area is 422 Å². The fraction of sp³-hybridized carbons (Fsp3) is 0.321. The number of aromatic nitrogens is 2. The molecule has 3 aromatic carbocycles. The van der Waals surface area contributed by atoms with Crippen molar-refractivity contribution in [3.8, 4) is 23.5 Å². The van der Waals surface area contributed by atoms with Gasteiger partial charge < -0.3 is 10.6 Å². The van der Waals surface area contributed by atoms with Crippen LogP contribution in [0, 0.1) is 42.4 Å². The van der Waals surface area contributed by atoms with Crippen LogP contribution in [0.4, 0.5) is 26.3 Å². The number of halogens is 6. The third-order valence-electron chi connectivity index (χ3n) is 12.2. The molecule has 2 heterocycles. The largest absolute Gasteiger partial charge is 0.416 e. The number of rotatable bonds is 19. The SMILES string of the molecule is Cc1c(S(=O)c2ccc(C#N)cc2)cc(C(=O)NCCCCCCCCCCNC(=O)c2cc(S(=O)C3C=CC(C#N)=CC3C)c(C)n(-c3cccc(C(F)(F)F)c3)c2=O)c(=O)n1-c1cccc(C(F)(F)F)c1. The predicted molar refractivity (Wildman–Crippen MR) is 263 cm³/mol. The second-order valence-electron chi connectivity index (χ2n) is 17.4.